The quantitative estimate of drug-likeness (QED) is 0.508. The maximum Gasteiger partial charge on any atom is 0.414 e. The molecule has 1 aromatic heterocycles. The van der Waals surface area contributed by atoms with E-state index in [1.54, 1.807) is 37.8 Å². The molecule has 0 aliphatic carbocycles. The topological polar surface area (TPSA) is 93.6 Å². The lowest BCUT2D eigenvalue weighted by Crippen LogP contribution is -2.35. The van der Waals surface area contributed by atoms with E-state index >= 15 is 0 Å². The zero-order chi connectivity index (χ0) is 25.3. The van der Waals surface area contributed by atoms with Crippen molar-refractivity contribution in [3.8, 4) is 11.3 Å². The van der Waals surface area contributed by atoms with Crippen LogP contribution < -0.4 is 10.2 Å². The fourth-order valence-electron chi connectivity index (χ4n) is 3.74. The first-order chi connectivity index (χ1) is 16.6. The van der Waals surface area contributed by atoms with Gasteiger partial charge in [-0.15, -0.1) is 10.2 Å². The van der Waals surface area contributed by atoms with E-state index < -0.39 is 29.3 Å². The molecule has 1 aliphatic heterocycles. The number of esters is 1. The van der Waals surface area contributed by atoms with Gasteiger partial charge in [0.25, 0.3) is 0 Å². The number of nitrogens with one attached hydrogen (secondary N) is 1. The molecule has 0 fully saturated rings. The molecule has 0 bridgehead atoms. The molecule has 0 unspecified atom stereocenters. The highest BCUT2D eigenvalue weighted by molar-refractivity contribution is 5.95. The maximum absolute atomic E-state index is 14.3. The van der Waals surface area contributed by atoms with Crippen molar-refractivity contribution in [1.82, 2.24) is 10.2 Å². The van der Waals surface area contributed by atoms with Crippen LogP contribution in [0.15, 0.2) is 42.5 Å². The molecule has 2 aromatic carbocycles. The van der Waals surface area contributed by atoms with Gasteiger partial charge in [-0.2, -0.15) is 0 Å². The van der Waals surface area contributed by atoms with Crippen LogP contribution >= 0.6 is 0 Å². The fraction of sp³-hybridized carbons (Fsp3) is 0.280. The Balaban J connectivity index is 1.67. The predicted octanol–water partition coefficient (Wildman–Crippen LogP) is 5.25. The number of carbonyl (C=O) groups is 2. The van der Waals surface area contributed by atoms with Crippen LogP contribution in [0, 0.1) is 11.6 Å². The number of benzene rings is 2. The van der Waals surface area contributed by atoms with E-state index in [1.807, 2.05) is 6.07 Å². The highest BCUT2D eigenvalue weighted by atomic mass is 19.1. The SMILES string of the molecule is COC(=O)c1nnc(-c2c(F)cccc2F)cc1Nc1ccc2c(c1)CCN2C(=O)OC(C)(C)C. The summed E-state index contributed by atoms with van der Waals surface area (Å²) in [6.45, 7) is 5.88. The molecule has 0 saturated carbocycles. The minimum atomic E-state index is -0.809. The lowest BCUT2D eigenvalue weighted by Gasteiger charge is -2.24. The molecule has 3 aromatic rings. The van der Waals surface area contributed by atoms with Gasteiger partial charge in [0, 0.05) is 12.2 Å². The third-order valence-corrected chi connectivity index (χ3v) is 5.26. The van der Waals surface area contributed by atoms with E-state index in [0.29, 0.717) is 18.7 Å². The standard InChI is InChI=1S/C25H24F2N4O4/c1-25(2,3)35-24(33)31-11-10-14-12-15(8-9-20(14)31)28-19-13-18(29-30-22(19)23(32)34-4)21-16(26)6-5-7-17(21)27/h5-9,12-13H,10-11H2,1-4H3,(H,28,29). The minimum absolute atomic E-state index is 0.0898. The first-order valence-electron chi connectivity index (χ1n) is 10.9. The Morgan fingerprint density at radius 1 is 1.06 bits per heavy atom. The third kappa shape index (κ3) is 5.06. The average Bonchev–Trinajstić information content (AvgIpc) is 3.21. The number of hydrogen-bond acceptors (Lipinski definition) is 7. The number of hydrogen-bond donors (Lipinski definition) is 1. The number of anilines is 3. The molecule has 0 spiro atoms. The normalized spacial score (nSPS) is 12.8. The van der Waals surface area contributed by atoms with Crippen LogP contribution in [0.3, 0.4) is 0 Å². The molecule has 35 heavy (non-hydrogen) atoms. The molecule has 2 heterocycles. The molecule has 0 saturated heterocycles. The monoisotopic (exact) mass is 482 g/mol. The Morgan fingerprint density at radius 3 is 2.43 bits per heavy atom. The van der Waals surface area contributed by atoms with Gasteiger partial charge in [-0.1, -0.05) is 6.07 Å². The van der Waals surface area contributed by atoms with Crippen LogP contribution in [0.1, 0.15) is 36.8 Å². The summed E-state index contributed by atoms with van der Waals surface area (Å²) < 4.78 is 38.9. The number of rotatable bonds is 4. The molecule has 1 N–H and O–H groups in total. The van der Waals surface area contributed by atoms with Gasteiger partial charge in [-0.25, -0.2) is 18.4 Å². The molecular weight excluding hydrogens is 458 g/mol. The van der Waals surface area contributed by atoms with Gasteiger partial charge in [-0.3, -0.25) is 4.90 Å². The molecule has 182 valence electrons. The van der Waals surface area contributed by atoms with Gasteiger partial charge in [-0.05, 0) is 69.2 Å². The number of nitrogens with zero attached hydrogens (tertiary/aromatic N) is 3. The number of aromatic nitrogens is 2. The van der Waals surface area contributed by atoms with Gasteiger partial charge in [0.05, 0.1) is 24.0 Å². The summed E-state index contributed by atoms with van der Waals surface area (Å²) in [7, 11) is 1.19. The molecule has 0 atom stereocenters. The lowest BCUT2D eigenvalue weighted by atomic mass is 10.1. The summed E-state index contributed by atoms with van der Waals surface area (Å²) in [5.74, 6) is -2.38. The predicted molar refractivity (Wildman–Crippen MR) is 126 cm³/mol. The Bertz CT molecular complexity index is 1290. The molecule has 0 radical (unpaired) electrons. The van der Waals surface area contributed by atoms with E-state index in [9.17, 15) is 18.4 Å². The zero-order valence-corrected chi connectivity index (χ0v) is 19.7. The summed E-state index contributed by atoms with van der Waals surface area (Å²) in [6.07, 6.45) is 0.175. The van der Waals surface area contributed by atoms with Crippen molar-refractivity contribution in [2.45, 2.75) is 32.8 Å². The van der Waals surface area contributed by atoms with Crippen molar-refractivity contribution in [3.63, 3.8) is 0 Å². The molecule has 1 amide bonds. The van der Waals surface area contributed by atoms with Crippen LogP contribution in [0.4, 0.5) is 30.6 Å². The summed E-state index contributed by atoms with van der Waals surface area (Å²) in [6, 6.07) is 10.1. The Labute approximate surface area is 200 Å². The van der Waals surface area contributed by atoms with Crippen molar-refractivity contribution in [3.05, 3.63) is 65.4 Å². The number of ether oxygens (including phenoxy) is 2. The van der Waals surface area contributed by atoms with E-state index in [0.717, 1.165) is 23.4 Å². The van der Waals surface area contributed by atoms with Crippen molar-refractivity contribution >= 4 is 29.1 Å². The van der Waals surface area contributed by atoms with Gasteiger partial charge >= 0.3 is 12.1 Å². The Morgan fingerprint density at radius 2 is 1.77 bits per heavy atom. The summed E-state index contributed by atoms with van der Waals surface area (Å²) in [5, 5.41) is 10.8. The molecule has 4 rings (SSSR count). The maximum atomic E-state index is 14.3. The fourth-order valence-corrected chi connectivity index (χ4v) is 3.74. The van der Waals surface area contributed by atoms with Crippen LogP contribution in [0.5, 0.6) is 0 Å². The number of halogens is 2. The summed E-state index contributed by atoms with van der Waals surface area (Å²) in [5.41, 5.74) is 1.13. The summed E-state index contributed by atoms with van der Waals surface area (Å²) >= 11 is 0. The van der Waals surface area contributed by atoms with Crippen molar-refractivity contribution in [2.75, 3.05) is 23.9 Å². The number of amides is 1. The average molecular weight is 482 g/mol. The van der Waals surface area contributed by atoms with Crippen LogP contribution in [-0.4, -0.2) is 41.5 Å². The van der Waals surface area contributed by atoms with E-state index in [4.69, 9.17) is 9.47 Å². The van der Waals surface area contributed by atoms with Crippen LogP contribution in [-0.2, 0) is 15.9 Å². The van der Waals surface area contributed by atoms with Gasteiger partial charge in [0.2, 0.25) is 0 Å². The molecular formula is C25H24F2N4O4. The smallest absolute Gasteiger partial charge is 0.414 e. The molecule has 1 aliphatic rings. The highest BCUT2D eigenvalue weighted by Crippen LogP contribution is 2.34. The second-order valence-electron chi connectivity index (χ2n) is 8.93. The van der Waals surface area contributed by atoms with Crippen molar-refractivity contribution < 1.29 is 27.8 Å². The van der Waals surface area contributed by atoms with E-state index in [-0.39, 0.29) is 22.6 Å². The summed E-state index contributed by atoms with van der Waals surface area (Å²) in [4.78, 5) is 26.4. The van der Waals surface area contributed by atoms with E-state index in [2.05, 4.69) is 15.5 Å². The second kappa shape index (κ2) is 9.28. The first-order valence-corrected chi connectivity index (χ1v) is 10.9. The zero-order valence-electron chi connectivity index (χ0n) is 19.7. The number of methoxy groups -OCH3 is 1. The number of fused-ring (bicyclic) bond motifs is 1. The van der Waals surface area contributed by atoms with Crippen molar-refractivity contribution in [2.24, 2.45) is 0 Å². The molecule has 10 heteroatoms. The second-order valence-corrected chi connectivity index (χ2v) is 8.93. The van der Waals surface area contributed by atoms with Crippen molar-refractivity contribution in [1.29, 1.82) is 0 Å². The Kier molecular flexibility index (Phi) is 6.38. The van der Waals surface area contributed by atoms with Crippen LogP contribution in [0.2, 0.25) is 0 Å². The van der Waals surface area contributed by atoms with Gasteiger partial charge < -0.3 is 14.8 Å². The minimum Gasteiger partial charge on any atom is -0.464 e. The Hall–Kier alpha value is -4.08. The third-order valence-electron chi connectivity index (χ3n) is 5.26. The number of carbonyl (C=O) groups excluding carboxylic acids is 2. The largest absolute Gasteiger partial charge is 0.464 e. The first kappa shape index (κ1) is 24.1. The van der Waals surface area contributed by atoms with Gasteiger partial charge in [0.15, 0.2) is 5.69 Å². The molecule has 8 nitrogen and oxygen atoms in total. The highest BCUT2D eigenvalue weighted by Gasteiger charge is 2.29. The van der Waals surface area contributed by atoms with E-state index in [1.165, 1.54) is 19.2 Å². The van der Waals surface area contributed by atoms with Crippen LogP contribution in [0.25, 0.3) is 11.3 Å². The van der Waals surface area contributed by atoms with Gasteiger partial charge in [0.1, 0.15) is 22.9 Å². The lowest BCUT2D eigenvalue weighted by molar-refractivity contribution is 0.0578.